The van der Waals surface area contributed by atoms with E-state index in [1.807, 2.05) is 19.1 Å². The van der Waals surface area contributed by atoms with E-state index in [1.54, 1.807) is 12.1 Å². The summed E-state index contributed by atoms with van der Waals surface area (Å²) >= 11 is 0. The molecule has 1 heterocycles. The summed E-state index contributed by atoms with van der Waals surface area (Å²) in [5.74, 6) is 0. The summed E-state index contributed by atoms with van der Waals surface area (Å²) in [5, 5.41) is 8.99. The third kappa shape index (κ3) is 2.71. The van der Waals surface area contributed by atoms with Gasteiger partial charge in [0, 0.05) is 18.9 Å². The standard InChI is InChI=1S/C14H18N2O3S/c1-3-11-4-6-13(7-5-11)16(2)20(18,19)14-8-12(10-17)15-9-14/h4-9,15,17H,3,10H2,1-2H3. The molecule has 1 aromatic carbocycles. The maximum atomic E-state index is 12.4. The molecule has 1 aromatic heterocycles. The summed E-state index contributed by atoms with van der Waals surface area (Å²) in [6.07, 6.45) is 2.30. The maximum Gasteiger partial charge on any atom is 0.265 e. The first-order valence-electron chi connectivity index (χ1n) is 6.35. The molecule has 2 aromatic rings. The van der Waals surface area contributed by atoms with Crippen LogP contribution in [0, 0.1) is 0 Å². The van der Waals surface area contributed by atoms with Crippen molar-refractivity contribution in [1.82, 2.24) is 4.98 Å². The number of aromatic amines is 1. The Morgan fingerprint density at radius 3 is 2.40 bits per heavy atom. The predicted octanol–water partition coefficient (Wildman–Crippen LogP) is 1.89. The summed E-state index contributed by atoms with van der Waals surface area (Å²) in [5.41, 5.74) is 2.23. The van der Waals surface area contributed by atoms with Crippen LogP contribution >= 0.6 is 0 Å². The van der Waals surface area contributed by atoms with Crippen LogP contribution in [0.25, 0.3) is 0 Å². The van der Waals surface area contributed by atoms with Crippen molar-refractivity contribution in [3.8, 4) is 0 Å². The van der Waals surface area contributed by atoms with Gasteiger partial charge in [-0.2, -0.15) is 0 Å². The van der Waals surface area contributed by atoms with E-state index < -0.39 is 10.0 Å². The van der Waals surface area contributed by atoms with Crippen LogP contribution in [0.3, 0.4) is 0 Å². The molecule has 0 saturated carbocycles. The zero-order chi connectivity index (χ0) is 14.8. The first-order chi connectivity index (χ1) is 9.48. The molecule has 0 unspecified atom stereocenters. The van der Waals surface area contributed by atoms with Gasteiger partial charge in [-0.3, -0.25) is 4.31 Å². The molecule has 0 radical (unpaired) electrons. The molecular weight excluding hydrogens is 276 g/mol. The van der Waals surface area contributed by atoms with Gasteiger partial charge in [0.2, 0.25) is 0 Å². The van der Waals surface area contributed by atoms with E-state index in [2.05, 4.69) is 4.98 Å². The lowest BCUT2D eigenvalue weighted by atomic mass is 10.1. The van der Waals surface area contributed by atoms with Crippen molar-refractivity contribution in [3.05, 3.63) is 47.8 Å². The molecular formula is C14H18N2O3S. The van der Waals surface area contributed by atoms with Gasteiger partial charge in [-0.15, -0.1) is 0 Å². The molecule has 2 rings (SSSR count). The fraction of sp³-hybridized carbons (Fsp3) is 0.286. The number of sulfonamides is 1. The lowest BCUT2D eigenvalue weighted by Crippen LogP contribution is -2.26. The Hall–Kier alpha value is -1.79. The minimum absolute atomic E-state index is 0.142. The minimum Gasteiger partial charge on any atom is -0.390 e. The van der Waals surface area contributed by atoms with Crippen LogP contribution < -0.4 is 4.31 Å². The van der Waals surface area contributed by atoms with Gasteiger partial charge in [0.25, 0.3) is 10.0 Å². The molecule has 0 aliphatic heterocycles. The second kappa shape index (κ2) is 5.68. The normalized spacial score (nSPS) is 11.6. The van der Waals surface area contributed by atoms with Crippen LogP contribution in [0.2, 0.25) is 0 Å². The van der Waals surface area contributed by atoms with Gasteiger partial charge in [-0.25, -0.2) is 8.42 Å². The topological polar surface area (TPSA) is 73.4 Å². The molecule has 0 atom stereocenters. The van der Waals surface area contributed by atoms with Gasteiger partial charge in [0.1, 0.15) is 4.90 Å². The van der Waals surface area contributed by atoms with E-state index >= 15 is 0 Å². The molecule has 0 saturated heterocycles. The number of rotatable bonds is 5. The molecule has 108 valence electrons. The SMILES string of the molecule is CCc1ccc(N(C)S(=O)(=O)c2c[nH]c(CO)c2)cc1. The van der Waals surface area contributed by atoms with Crippen molar-refractivity contribution in [2.24, 2.45) is 0 Å². The van der Waals surface area contributed by atoms with E-state index in [-0.39, 0.29) is 11.5 Å². The van der Waals surface area contributed by atoms with Crippen LogP contribution in [-0.2, 0) is 23.1 Å². The van der Waals surface area contributed by atoms with E-state index in [9.17, 15) is 8.42 Å². The van der Waals surface area contributed by atoms with Crippen LogP contribution in [0.4, 0.5) is 5.69 Å². The van der Waals surface area contributed by atoms with Crippen LogP contribution in [0.5, 0.6) is 0 Å². The number of hydrogen-bond acceptors (Lipinski definition) is 3. The third-order valence-corrected chi connectivity index (χ3v) is 5.02. The van der Waals surface area contributed by atoms with Gasteiger partial charge in [0.05, 0.1) is 12.3 Å². The Bertz CT molecular complexity index is 675. The summed E-state index contributed by atoms with van der Waals surface area (Å²) < 4.78 is 26.1. The van der Waals surface area contributed by atoms with E-state index in [0.29, 0.717) is 11.4 Å². The third-order valence-electron chi connectivity index (χ3n) is 3.25. The molecule has 0 amide bonds. The molecule has 2 N–H and O–H groups in total. The highest BCUT2D eigenvalue weighted by Crippen LogP contribution is 2.23. The molecule has 0 aliphatic carbocycles. The van der Waals surface area contributed by atoms with Crippen molar-refractivity contribution < 1.29 is 13.5 Å². The number of nitrogens with zero attached hydrogens (tertiary/aromatic N) is 1. The average molecular weight is 294 g/mol. The Morgan fingerprint density at radius 1 is 1.25 bits per heavy atom. The Kier molecular flexibility index (Phi) is 4.15. The zero-order valence-electron chi connectivity index (χ0n) is 11.5. The quantitative estimate of drug-likeness (QED) is 0.884. The Labute approximate surface area is 118 Å². The highest BCUT2D eigenvalue weighted by Gasteiger charge is 2.22. The van der Waals surface area contributed by atoms with Crippen LogP contribution in [-0.4, -0.2) is 25.6 Å². The summed E-state index contributed by atoms with van der Waals surface area (Å²) in [6.45, 7) is 1.83. The number of aromatic nitrogens is 1. The first-order valence-corrected chi connectivity index (χ1v) is 7.79. The maximum absolute atomic E-state index is 12.4. The van der Waals surface area contributed by atoms with Gasteiger partial charge in [-0.05, 0) is 30.2 Å². The second-order valence-electron chi connectivity index (χ2n) is 4.51. The van der Waals surface area contributed by atoms with Crippen molar-refractivity contribution in [3.63, 3.8) is 0 Å². The van der Waals surface area contributed by atoms with E-state index in [4.69, 9.17) is 5.11 Å². The Balaban J connectivity index is 2.32. The van der Waals surface area contributed by atoms with Crippen LogP contribution in [0.15, 0.2) is 41.4 Å². The summed E-state index contributed by atoms with van der Waals surface area (Å²) in [4.78, 5) is 2.87. The smallest absolute Gasteiger partial charge is 0.265 e. The molecule has 5 nitrogen and oxygen atoms in total. The molecule has 0 aliphatic rings. The Morgan fingerprint density at radius 2 is 1.90 bits per heavy atom. The highest BCUT2D eigenvalue weighted by atomic mass is 32.2. The number of hydrogen-bond donors (Lipinski definition) is 2. The highest BCUT2D eigenvalue weighted by molar-refractivity contribution is 7.92. The fourth-order valence-electron chi connectivity index (χ4n) is 1.90. The van der Waals surface area contributed by atoms with Crippen LogP contribution in [0.1, 0.15) is 18.2 Å². The monoisotopic (exact) mass is 294 g/mol. The largest absolute Gasteiger partial charge is 0.390 e. The molecule has 0 spiro atoms. The number of nitrogens with one attached hydrogen (secondary N) is 1. The number of aliphatic hydroxyl groups excluding tert-OH is 1. The van der Waals surface area contributed by atoms with Crippen molar-refractivity contribution in [2.45, 2.75) is 24.8 Å². The number of aliphatic hydroxyl groups is 1. The van der Waals surface area contributed by atoms with Crippen molar-refractivity contribution >= 4 is 15.7 Å². The van der Waals surface area contributed by atoms with E-state index in [0.717, 1.165) is 12.0 Å². The fourth-order valence-corrected chi connectivity index (χ4v) is 3.11. The number of aryl methyl sites for hydroxylation is 1. The molecule has 0 bridgehead atoms. The summed E-state index contributed by atoms with van der Waals surface area (Å²) in [6, 6.07) is 8.84. The number of H-pyrrole nitrogens is 1. The average Bonchev–Trinajstić information content (AvgIpc) is 2.96. The molecule has 20 heavy (non-hydrogen) atoms. The minimum atomic E-state index is -3.61. The van der Waals surface area contributed by atoms with Gasteiger partial charge in [-0.1, -0.05) is 19.1 Å². The first kappa shape index (κ1) is 14.6. The predicted molar refractivity (Wildman–Crippen MR) is 78.1 cm³/mol. The molecule has 0 fully saturated rings. The zero-order valence-corrected chi connectivity index (χ0v) is 12.3. The lowest BCUT2D eigenvalue weighted by molar-refractivity contribution is 0.277. The van der Waals surface area contributed by atoms with Gasteiger partial charge >= 0.3 is 0 Å². The van der Waals surface area contributed by atoms with Crippen molar-refractivity contribution in [2.75, 3.05) is 11.4 Å². The van der Waals surface area contributed by atoms with Gasteiger partial charge in [0.15, 0.2) is 0 Å². The van der Waals surface area contributed by atoms with E-state index in [1.165, 1.54) is 23.6 Å². The molecule has 6 heteroatoms. The second-order valence-corrected chi connectivity index (χ2v) is 6.48. The van der Waals surface area contributed by atoms with Gasteiger partial charge < -0.3 is 10.1 Å². The lowest BCUT2D eigenvalue weighted by Gasteiger charge is -2.18. The number of anilines is 1. The number of benzene rings is 1. The summed E-state index contributed by atoms with van der Waals surface area (Å²) in [7, 11) is -2.09. The van der Waals surface area contributed by atoms with Crippen molar-refractivity contribution in [1.29, 1.82) is 0 Å².